The van der Waals surface area contributed by atoms with Gasteiger partial charge in [-0.3, -0.25) is 0 Å². The van der Waals surface area contributed by atoms with Crippen molar-refractivity contribution in [3.8, 4) is 6.07 Å². The summed E-state index contributed by atoms with van der Waals surface area (Å²) in [5, 5.41) is 10.7. The number of halogens is 3. The molecule has 0 radical (unpaired) electrons. The van der Waals surface area contributed by atoms with Crippen molar-refractivity contribution >= 4 is 50.0 Å². The van der Waals surface area contributed by atoms with Gasteiger partial charge < -0.3 is 4.57 Å². The molecule has 2 aromatic rings. The van der Waals surface area contributed by atoms with E-state index < -0.39 is 0 Å². The number of nitriles is 1. The third-order valence-electron chi connectivity index (χ3n) is 2.35. The molecule has 2 rings (SSSR count). The average molecular weight is 348 g/mol. The summed E-state index contributed by atoms with van der Waals surface area (Å²) >= 11 is 15.6. The molecule has 0 aliphatic carbocycles. The molecule has 0 saturated carbocycles. The predicted octanol–water partition coefficient (Wildman–Crippen LogP) is 5.65. The Morgan fingerprint density at radius 1 is 1.33 bits per heavy atom. The minimum absolute atomic E-state index is 0.444. The zero-order valence-corrected chi connectivity index (χ0v) is 13.3. The molecule has 0 unspecified atom stereocenters. The van der Waals surface area contributed by atoms with Crippen LogP contribution in [0.15, 0.2) is 22.8 Å². The van der Waals surface area contributed by atoms with Crippen molar-refractivity contribution in [2.75, 3.05) is 0 Å². The van der Waals surface area contributed by atoms with E-state index in [1.54, 1.807) is 6.07 Å². The highest BCUT2D eigenvalue weighted by Crippen LogP contribution is 2.35. The smallest absolute Gasteiger partial charge is 0.0835 e. The highest BCUT2D eigenvalue weighted by atomic mass is 79.9. The minimum atomic E-state index is 0.444. The first-order valence-corrected chi connectivity index (χ1v) is 7.19. The molecule has 0 amide bonds. The summed E-state index contributed by atoms with van der Waals surface area (Å²) < 4.78 is 2.90. The molecule has 0 fully saturated rings. The number of aryl methyl sites for hydroxylation is 1. The standard InChI is InChI=1S/C11H7BrCl2N2.C2H6/c12-8-6-16(5-1-4-15)11-7(8)2-3-9(13)10(11)14;1-2/h2-3,6H,1,5H2;1-2H3. The molecule has 0 aliphatic rings. The SMILES string of the molecule is CC.N#CCCn1cc(Br)c2ccc(Cl)c(Cl)c21. The van der Waals surface area contributed by atoms with Crippen LogP contribution in [0.3, 0.4) is 0 Å². The van der Waals surface area contributed by atoms with Crippen LogP contribution in [0.5, 0.6) is 0 Å². The lowest BCUT2D eigenvalue weighted by Crippen LogP contribution is -1.95. The maximum absolute atomic E-state index is 8.60. The lowest BCUT2D eigenvalue weighted by Gasteiger charge is -2.04. The van der Waals surface area contributed by atoms with Gasteiger partial charge in [0.1, 0.15) is 0 Å². The lowest BCUT2D eigenvalue weighted by atomic mass is 10.2. The molecule has 1 aromatic heterocycles. The van der Waals surface area contributed by atoms with E-state index in [1.165, 1.54) is 0 Å². The Bertz CT molecular complexity index is 585. The van der Waals surface area contributed by atoms with Gasteiger partial charge in [-0.05, 0) is 22.0 Å². The Morgan fingerprint density at radius 3 is 2.61 bits per heavy atom. The maximum atomic E-state index is 8.60. The molecule has 18 heavy (non-hydrogen) atoms. The van der Waals surface area contributed by atoms with Gasteiger partial charge in [-0.1, -0.05) is 43.1 Å². The number of hydrogen-bond donors (Lipinski definition) is 0. The molecule has 96 valence electrons. The lowest BCUT2D eigenvalue weighted by molar-refractivity contribution is 0.743. The fourth-order valence-corrected chi connectivity index (χ4v) is 2.62. The van der Waals surface area contributed by atoms with Gasteiger partial charge in [0.25, 0.3) is 0 Å². The summed E-state index contributed by atoms with van der Waals surface area (Å²) in [6.45, 7) is 4.61. The van der Waals surface area contributed by atoms with Crippen LogP contribution in [0.25, 0.3) is 10.9 Å². The van der Waals surface area contributed by atoms with Gasteiger partial charge in [0.2, 0.25) is 0 Å². The Labute approximate surface area is 125 Å². The molecular formula is C13H13BrCl2N2. The van der Waals surface area contributed by atoms with E-state index in [4.69, 9.17) is 28.5 Å². The zero-order chi connectivity index (χ0) is 13.7. The normalized spacial score (nSPS) is 9.78. The van der Waals surface area contributed by atoms with E-state index in [1.807, 2.05) is 30.7 Å². The average Bonchev–Trinajstić information content (AvgIpc) is 2.71. The molecule has 0 N–H and O–H groups in total. The third-order valence-corrected chi connectivity index (χ3v) is 3.77. The summed E-state index contributed by atoms with van der Waals surface area (Å²) in [6.07, 6.45) is 2.36. The molecule has 1 heterocycles. The first-order valence-electron chi connectivity index (χ1n) is 5.64. The van der Waals surface area contributed by atoms with Gasteiger partial charge in [0.05, 0.1) is 28.1 Å². The maximum Gasteiger partial charge on any atom is 0.0835 e. The number of rotatable bonds is 2. The molecule has 0 saturated heterocycles. The molecule has 1 aromatic carbocycles. The van der Waals surface area contributed by atoms with Gasteiger partial charge in [-0.15, -0.1) is 0 Å². The van der Waals surface area contributed by atoms with Crippen molar-refractivity contribution in [2.24, 2.45) is 0 Å². The van der Waals surface area contributed by atoms with Crippen LogP contribution in [-0.2, 0) is 6.54 Å². The fourth-order valence-electron chi connectivity index (χ4n) is 1.63. The molecule has 0 atom stereocenters. The van der Waals surface area contributed by atoms with Crippen LogP contribution in [0, 0.1) is 11.3 Å². The van der Waals surface area contributed by atoms with Crippen molar-refractivity contribution in [1.29, 1.82) is 5.26 Å². The van der Waals surface area contributed by atoms with Crippen molar-refractivity contribution in [1.82, 2.24) is 4.57 Å². The molecule has 2 nitrogen and oxygen atoms in total. The Balaban J connectivity index is 0.000000771. The number of fused-ring (bicyclic) bond motifs is 1. The van der Waals surface area contributed by atoms with E-state index >= 15 is 0 Å². The molecule has 0 bridgehead atoms. The van der Waals surface area contributed by atoms with E-state index in [0.29, 0.717) is 23.0 Å². The van der Waals surface area contributed by atoms with Crippen LogP contribution in [-0.4, -0.2) is 4.57 Å². The van der Waals surface area contributed by atoms with Gasteiger partial charge in [-0.2, -0.15) is 5.26 Å². The van der Waals surface area contributed by atoms with Crippen LogP contribution < -0.4 is 0 Å². The highest BCUT2D eigenvalue weighted by molar-refractivity contribution is 9.10. The predicted molar refractivity (Wildman–Crippen MR) is 81.2 cm³/mol. The van der Waals surface area contributed by atoms with Gasteiger partial charge in [-0.25, -0.2) is 0 Å². The van der Waals surface area contributed by atoms with E-state index in [9.17, 15) is 0 Å². The monoisotopic (exact) mass is 346 g/mol. The van der Waals surface area contributed by atoms with Gasteiger partial charge in [0.15, 0.2) is 0 Å². The topological polar surface area (TPSA) is 28.7 Å². The summed E-state index contributed by atoms with van der Waals surface area (Å²) in [4.78, 5) is 0. The summed E-state index contributed by atoms with van der Waals surface area (Å²) in [7, 11) is 0. The van der Waals surface area contributed by atoms with Gasteiger partial charge in [0, 0.05) is 22.6 Å². The minimum Gasteiger partial charge on any atom is -0.344 e. The first kappa shape index (κ1) is 15.4. The first-order chi connectivity index (χ1) is 8.65. The number of nitrogens with zero attached hydrogens (tertiary/aromatic N) is 2. The summed E-state index contributed by atoms with van der Waals surface area (Å²) in [5.74, 6) is 0. The van der Waals surface area contributed by atoms with E-state index in [-0.39, 0.29) is 0 Å². The van der Waals surface area contributed by atoms with Crippen molar-refractivity contribution < 1.29 is 0 Å². The largest absolute Gasteiger partial charge is 0.344 e. The fraction of sp³-hybridized carbons (Fsp3) is 0.308. The Hall–Kier alpha value is -0.690. The van der Waals surface area contributed by atoms with E-state index in [2.05, 4.69) is 22.0 Å². The number of aromatic nitrogens is 1. The second kappa shape index (κ2) is 7.04. The van der Waals surface area contributed by atoms with Crippen molar-refractivity contribution in [2.45, 2.75) is 26.8 Å². The van der Waals surface area contributed by atoms with Crippen LogP contribution in [0.1, 0.15) is 20.3 Å². The summed E-state index contributed by atoms with van der Waals surface area (Å²) in [5.41, 5.74) is 0.872. The van der Waals surface area contributed by atoms with Crippen molar-refractivity contribution in [3.63, 3.8) is 0 Å². The highest BCUT2D eigenvalue weighted by Gasteiger charge is 2.12. The molecular weight excluding hydrogens is 335 g/mol. The second-order valence-electron chi connectivity index (χ2n) is 3.34. The van der Waals surface area contributed by atoms with Crippen LogP contribution in [0.4, 0.5) is 0 Å². The summed E-state index contributed by atoms with van der Waals surface area (Å²) in [6, 6.07) is 5.79. The third kappa shape index (κ3) is 3.00. The Morgan fingerprint density at radius 2 is 2.00 bits per heavy atom. The van der Waals surface area contributed by atoms with Crippen LogP contribution >= 0.6 is 39.1 Å². The van der Waals surface area contributed by atoms with Crippen LogP contribution in [0.2, 0.25) is 10.0 Å². The number of hydrogen-bond acceptors (Lipinski definition) is 1. The molecule has 5 heteroatoms. The van der Waals surface area contributed by atoms with Gasteiger partial charge >= 0.3 is 0 Å². The number of benzene rings is 1. The quantitative estimate of drug-likeness (QED) is 0.689. The van der Waals surface area contributed by atoms with Crippen molar-refractivity contribution in [3.05, 3.63) is 32.8 Å². The Kier molecular flexibility index (Phi) is 6.01. The molecule has 0 aliphatic heterocycles. The second-order valence-corrected chi connectivity index (χ2v) is 4.98. The molecule has 0 spiro atoms. The van der Waals surface area contributed by atoms with E-state index in [0.717, 1.165) is 15.4 Å². The zero-order valence-electron chi connectivity index (χ0n) is 10.2.